The predicted octanol–water partition coefficient (Wildman–Crippen LogP) is 2.14. The highest BCUT2D eigenvalue weighted by atomic mass is 19.1. The fourth-order valence-electron chi connectivity index (χ4n) is 1.12. The number of carbonyl (C=O) groups is 1. The molecule has 2 N–H and O–H groups in total. The fourth-order valence-corrected chi connectivity index (χ4v) is 1.12. The second-order valence-corrected chi connectivity index (χ2v) is 3.61. The summed E-state index contributed by atoms with van der Waals surface area (Å²) < 4.78 is 12.8. The van der Waals surface area contributed by atoms with Crippen molar-refractivity contribution in [3.8, 4) is 0 Å². The summed E-state index contributed by atoms with van der Waals surface area (Å²) in [5, 5.41) is 0. The van der Waals surface area contributed by atoms with Gasteiger partial charge in [0.15, 0.2) is 5.78 Å². The van der Waals surface area contributed by atoms with Gasteiger partial charge in [-0.2, -0.15) is 0 Å². The van der Waals surface area contributed by atoms with Crippen LogP contribution >= 0.6 is 0 Å². The third kappa shape index (κ3) is 2.17. The first-order valence-electron chi connectivity index (χ1n) is 4.56. The van der Waals surface area contributed by atoms with Crippen molar-refractivity contribution in [3.63, 3.8) is 0 Å². The molecule has 0 amide bonds. The Balaban J connectivity index is 3.01. The SMILES string of the molecule is CCC(C)(N)C(=O)c1cccc(F)c1. The Hall–Kier alpha value is -1.22. The lowest BCUT2D eigenvalue weighted by Gasteiger charge is -2.20. The van der Waals surface area contributed by atoms with E-state index >= 15 is 0 Å². The molecule has 0 spiro atoms. The van der Waals surface area contributed by atoms with Crippen molar-refractivity contribution in [1.29, 1.82) is 0 Å². The first-order chi connectivity index (χ1) is 6.47. The Morgan fingerprint density at radius 3 is 2.71 bits per heavy atom. The van der Waals surface area contributed by atoms with Gasteiger partial charge < -0.3 is 5.73 Å². The smallest absolute Gasteiger partial charge is 0.182 e. The molecule has 0 saturated carbocycles. The van der Waals surface area contributed by atoms with Gasteiger partial charge in [0.05, 0.1) is 5.54 Å². The van der Waals surface area contributed by atoms with Gasteiger partial charge in [0.25, 0.3) is 0 Å². The van der Waals surface area contributed by atoms with E-state index in [9.17, 15) is 9.18 Å². The molecular weight excluding hydrogens is 181 g/mol. The number of hydrogen-bond donors (Lipinski definition) is 1. The van der Waals surface area contributed by atoms with Crippen LogP contribution in [0.2, 0.25) is 0 Å². The molecule has 0 bridgehead atoms. The number of benzene rings is 1. The zero-order valence-electron chi connectivity index (χ0n) is 8.38. The van der Waals surface area contributed by atoms with Crippen LogP contribution in [-0.4, -0.2) is 11.3 Å². The average Bonchev–Trinajstić information content (AvgIpc) is 2.16. The molecule has 0 aliphatic heterocycles. The fraction of sp³-hybridized carbons (Fsp3) is 0.364. The van der Waals surface area contributed by atoms with E-state index in [2.05, 4.69) is 0 Å². The molecule has 0 saturated heterocycles. The molecule has 0 heterocycles. The molecule has 76 valence electrons. The lowest BCUT2D eigenvalue weighted by molar-refractivity contribution is 0.0897. The van der Waals surface area contributed by atoms with Crippen LogP contribution in [-0.2, 0) is 0 Å². The molecule has 2 nitrogen and oxygen atoms in total. The van der Waals surface area contributed by atoms with Gasteiger partial charge in [0.1, 0.15) is 5.82 Å². The lowest BCUT2D eigenvalue weighted by Crippen LogP contribution is -2.44. The van der Waals surface area contributed by atoms with E-state index in [1.54, 1.807) is 13.0 Å². The van der Waals surface area contributed by atoms with Crippen LogP contribution in [0, 0.1) is 5.82 Å². The van der Waals surface area contributed by atoms with E-state index in [0.29, 0.717) is 12.0 Å². The van der Waals surface area contributed by atoms with Gasteiger partial charge in [-0.15, -0.1) is 0 Å². The summed E-state index contributed by atoms with van der Waals surface area (Å²) >= 11 is 0. The van der Waals surface area contributed by atoms with Crippen LogP contribution in [0.3, 0.4) is 0 Å². The molecule has 0 radical (unpaired) electrons. The number of halogens is 1. The zero-order chi connectivity index (χ0) is 10.8. The maximum atomic E-state index is 12.8. The van der Waals surface area contributed by atoms with Gasteiger partial charge in [-0.1, -0.05) is 19.1 Å². The van der Waals surface area contributed by atoms with E-state index in [1.165, 1.54) is 18.2 Å². The van der Waals surface area contributed by atoms with Crippen molar-refractivity contribution in [3.05, 3.63) is 35.6 Å². The molecule has 0 aromatic heterocycles. The number of carbonyl (C=O) groups excluding carboxylic acids is 1. The molecule has 1 aromatic rings. The molecule has 3 heteroatoms. The van der Waals surface area contributed by atoms with Crippen LogP contribution in [0.15, 0.2) is 24.3 Å². The number of rotatable bonds is 3. The summed E-state index contributed by atoms with van der Waals surface area (Å²) in [5.41, 5.74) is 5.19. The quantitative estimate of drug-likeness (QED) is 0.751. The van der Waals surface area contributed by atoms with Crippen molar-refractivity contribution >= 4 is 5.78 Å². The van der Waals surface area contributed by atoms with Crippen LogP contribution < -0.4 is 5.73 Å². The molecule has 1 rings (SSSR count). The van der Waals surface area contributed by atoms with Gasteiger partial charge in [0, 0.05) is 5.56 Å². The van der Waals surface area contributed by atoms with Crippen molar-refractivity contribution in [2.75, 3.05) is 0 Å². The Kier molecular flexibility index (Phi) is 3.01. The molecule has 0 fully saturated rings. The van der Waals surface area contributed by atoms with Crippen molar-refractivity contribution < 1.29 is 9.18 Å². The molecule has 1 atom stereocenters. The second-order valence-electron chi connectivity index (χ2n) is 3.61. The van der Waals surface area contributed by atoms with E-state index in [0.717, 1.165) is 0 Å². The molecule has 0 aliphatic rings. The van der Waals surface area contributed by atoms with Crippen LogP contribution in [0.1, 0.15) is 30.6 Å². The monoisotopic (exact) mass is 195 g/mol. The Morgan fingerprint density at radius 2 is 2.21 bits per heavy atom. The Bertz CT molecular complexity index is 347. The Morgan fingerprint density at radius 1 is 1.57 bits per heavy atom. The zero-order valence-corrected chi connectivity index (χ0v) is 8.38. The Labute approximate surface area is 82.9 Å². The van der Waals surface area contributed by atoms with Gasteiger partial charge in [-0.3, -0.25) is 4.79 Å². The van der Waals surface area contributed by atoms with Crippen molar-refractivity contribution in [2.45, 2.75) is 25.8 Å². The van der Waals surface area contributed by atoms with Crippen molar-refractivity contribution in [2.24, 2.45) is 5.73 Å². The third-order valence-electron chi connectivity index (χ3n) is 2.34. The first-order valence-corrected chi connectivity index (χ1v) is 4.56. The normalized spacial score (nSPS) is 14.9. The highest BCUT2D eigenvalue weighted by Gasteiger charge is 2.27. The summed E-state index contributed by atoms with van der Waals surface area (Å²) in [6, 6.07) is 5.60. The van der Waals surface area contributed by atoms with E-state index in [-0.39, 0.29) is 5.78 Å². The summed E-state index contributed by atoms with van der Waals surface area (Å²) in [6.45, 7) is 3.48. The molecule has 14 heavy (non-hydrogen) atoms. The second kappa shape index (κ2) is 3.88. The van der Waals surface area contributed by atoms with Gasteiger partial charge in [0.2, 0.25) is 0 Å². The van der Waals surface area contributed by atoms with Crippen LogP contribution in [0.25, 0.3) is 0 Å². The van der Waals surface area contributed by atoms with E-state index in [4.69, 9.17) is 5.73 Å². The minimum absolute atomic E-state index is 0.223. The lowest BCUT2D eigenvalue weighted by atomic mass is 9.90. The van der Waals surface area contributed by atoms with Gasteiger partial charge in [-0.05, 0) is 25.5 Å². The maximum absolute atomic E-state index is 12.8. The minimum atomic E-state index is -0.909. The number of nitrogens with two attached hydrogens (primary N) is 1. The van der Waals surface area contributed by atoms with Crippen LogP contribution in [0.5, 0.6) is 0 Å². The van der Waals surface area contributed by atoms with E-state index < -0.39 is 11.4 Å². The predicted molar refractivity (Wildman–Crippen MR) is 53.6 cm³/mol. The summed E-state index contributed by atoms with van der Waals surface area (Å²) in [6.07, 6.45) is 0.530. The van der Waals surface area contributed by atoms with Gasteiger partial charge in [-0.25, -0.2) is 4.39 Å². The number of Topliss-reactive ketones (excluding diaryl/α,β-unsaturated/α-hetero) is 1. The number of ketones is 1. The highest BCUT2D eigenvalue weighted by Crippen LogP contribution is 2.14. The summed E-state index contributed by atoms with van der Waals surface area (Å²) in [4.78, 5) is 11.8. The van der Waals surface area contributed by atoms with Crippen LogP contribution in [0.4, 0.5) is 4.39 Å². The first kappa shape index (κ1) is 10.9. The summed E-state index contributed by atoms with van der Waals surface area (Å²) in [7, 11) is 0. The third-order valence-corrected chi connectivity index (χ3v) is 2.34. The molecular formula is C11H14FNO. The molecule has 0 aliphatic carbocycles. The van der Waals surface area contributed by atoms with Gasteiger partial charge >= 0.3 is 0 Å². The topological polar surface area (TPSA) is 43.1 Å². The average molecular weight is 195 g/mol. The number of hydrogen-bond acceptors (Lipinski definition) is 2. The largest absolute Gasteiger partial charge is 0.319 e. The summed E-state index contributed by atoms with van der Waals surface area (Å²) in [5.74, 6) is -0.637. The van der Waals surface area contributed by atoms with E-state index in [1.807, 2.05) is 6.92 Å². The minimum Gasteiger partial charge on any atom is -0.319 e. The highest BCUT2D eigenvalue weighted by molar-refractivity contribution is 6.02. The standard InChI is InChI=1S/C11H14FNO/c1-3-11(2,13)10(14)8-5-4-6-9(12)7-8/h4-7H,3,13H2,1-2H3. The molecule has 1 aromatic carbocycles. The van der Waals surface area contributed by atoms with Crippen molar-refractivity contribution in [1.82, 2.24) is 0 Å². The maximum Gasteiger partial charge on any atom is 0.182 e. The molecule has 1 unspecified atom stereocenters.